The quantitative estimate of drug-likeness (QED) is 0.452. The van der Waals surface area contributed by atoms with Gasteiger partial charge in [0.05, 0.1) is 17.9 Å². The van der Waals surface area contributed by atoms with Crippen molar-refractivity contribution >= 4 is 22.4 Å². The van der Waals surface area contributed by atoms with Crippen LogP contribution < -0.4 is 5.32 Å². The zero-order valence-corrected chi connectivity index (χ0v) is 23.3. The minimum absolute atomic E-state index is 0.0372. The molecular formula is C30H46N2O3S. The van der Waals surface area contributed by atoms with Crippen LogP contribution >= 0.6 is 11.3 Å². The minimum Gasteiger partial charge on any atom is -0.393 e. The smallest absolute Gasteiger partial charge is 0.226 e. The molecule has 5 nitrogen and oxygen atoms in total. The van der Waals surface area contributed by atoms with E-state index in [4.69, 9.17) is 0 Å². The number of aliphatic hydroxyl groups excluding tert-OH is 2. The topological polar surface area (TPSA) is 82.5 Å². The molecule has 6 rings (SSSR count). The highest BCUT2D eigenvalue weighted by molar-refractivity contribution is 7.15. The van der Waals surface area contributed by atoms with E-state index in [9.17, 15) is 15.0 Å². The van der Waals surface area contributed by atoms with Gasteiger partial charge in [-0.2, -0.15) is 0 Å². The van der Waals surface area contributed by atoms with Crippen molar-refractivity contribution < 1.29 is 15.0 Å². The number of hydrogen-bond acceptors (Lipinski definition) is 5. The van der Waals surface area contributed by atoms with Gasteiger partial charge in [-0.05, 0) is 123 Å². The highest BCUT2D eigenvalue weighted by atomic mass is 32.1. The van der Waals surface area contributed by atoms with E-state index in [-0.39, 0.29) is 28.9 Å². The Morgan fingerprint density at radius 2 is 1.94 bits per heavy atom. The van der Waals surface area contributed by atoms with E-state index >= 15 is 0 Å². The van der Waals surface area contributed by atoms with Gasteiger partial charge in [0, 0.05) is 11.3 Å². The lowest BCUT2D eigenvalue weighted by Gasteiger charge is -2.62. The minimum atomic E-state index is -0.257. The Hall–Kier alpha value is -0.980. The molecule has 0 aliphatic heterocycles. The molecule has 1 amide bonds. The predicted octanol–water partition coefficient (Wildman–Crippen LogP) is 5.98. The van der Waals surface area contributed by atoms with E-state index in [1.54, 1.807) is 11.3 Å². The van der Waals surface area contributed by atoms with Crippen LogP contribution in [0.3, 0.4) is 0 Å². The Labute approximate surface area is 220 Å². The molecule has 5 aliphatic rings. The van der Waals surface area contributed by atoms with Crippen molar-refractivity contribution in [3.63, 3.8) is 0 Å². The molecule has 1 aromatic heterocycles. The van der Waals surface area contributed by atoms with Gasteiger partial charge < -0.3 is 15.5 Å². The van der Waals surface area contributed by atoms with Crippen molar-refractivity contribution in [2.45, 2.75) is 116 Å². The number of nitrogens with zero attached hydrogens (tertiary/aromatic N) is 1. The molecule has 4 saturated carbocycles. The molecule has 3 N–H and O–H groups in total. The van der Waals surface area contributed by atoms with Gasteiger partial charge in [0.15, 0.2) is 5.13 Å². The third kappa shape index (κ3) is 4.00. The number of hydrogen-bond donors (Lipinski definition) is 3. The molecule has 36 heavy (non-hydrogen) atoms. The van der Waals surface area contributed by atoms with Crippen LogP contribution in [0.2, 0.25) is 0 Å². The van der Waals surface area contributed by atoms with Gasteiger partial charge in [-0.25, -0.2) is 4.98 Å². The number of carbonyl (C=O) groups is 1. The van der Waals surface area contributed by atoms with Crippen LogP contribution in [-0.4, -0.2) is 33.3 Å². The number of aryl methyl sites for hydroxylation is 2. The summed E-state index contributed by atoms with van der Waals surface area (Å²) in [5.41, 5.74) is 1.43. The van der Waals surface area contributed by atoms with E-state index in [0.717, 1.165) is 50.1 Å². The number of aromatic nitrogens is 1. The van der Waals surface area contributed by atoms with E-state index in [1.165, 1.54) is 42.7 Å². The molecule has 200 valence electrons. The highest BCUT2D eigenvalue weighted by Crippen LogP contribution is 2.68. The number of rotatable bonds is 5. The summed E-state index contributed by atoms with van der Waals surface area (Å²) in [5, 5.41) is 25.9. The number of amides is 1. The number of carbonyl (C=O) groups excluding carboxylic acids is 1. The van der Waals surface area contributed by atoms with Crippen LogP contribution in [-0.2, 0) is 17.6 Å². The summed E-state index contributed by atoms with van der Waals surface area (Å²) in [6.45, 7) is 7.20. The first-order chi connectivity index (χ1) is 17.2. The van der Waals surface area contributed by atoms with Gasteiger partial charge in [-0.3, -0.25) is 4.79 Å². The van der Waals surface area contributed by atoms with Gasteiger partial charge in [0.2, 0.25) is 5.91 Å². The number of fused-ring (bicyclic) bond motifs is 6. The van der Waals surface area contributed by atoms with E-state index in [0.29, 0.717) is 41.9 Å². The van der Waals surface area contributed by atoms with Gasteiger partial charge in [-0.15, -0.1) is 11.3 Å². The number of anilines is 1. The van der Waals surface area contributed by atoms with Crippen LogP contribution in [0, 0.1) is 46.3 Å². The van der Waals surface area contributed by atoms with Crippen LogP contribution in [0.25, 0.3) is 0 Å². The van der Waals surface area contributed by atoms with Crippen molar-refractivity contribution in [1.29, 1.82) is 0 Å². The second kappa shape index (κ2) is 9.34. The Balaban J connectivity index is 1.10. The summed E-state index contributed by atoms with van der Waals surface area (Å²) >= 11 is 1.65. The summed E-state index contributed by atoms with van der Waals surface area (Å²) in [4.78, 5) is 18.7. The van der Waals surface area contributed by atoms with Crippen molar-refractivity contribution in [3.8, 4) is 0 Å². The molecule has 0 saturated heterocycles. The maximum atomic E-state index is 12.8. The van der Waals surface area contributed by atoms with E-state index in [1.807, 2.05) is 0 Å². The second-order valence-electron chi connectivity index (χ2n) is 13.7. The fourth-order valence-electron chi connectivity index (χ4n) is 10.1. The summed E-state index contributed by atoms with van der Waals surface area (Å²) in [6, 6.07) is 0. The molecule has 0 spiro atoms. The van der Waals surface area contributed by atoms with Gasteiger partial charge in [0.1, 0.15) is 0 Å². The van der Waals surface area contributed by atoms with Crippen molar-refractivity contribution in [1.82, 2.24) is 4.98 Å². The molecule has 1 aromatic rings. The number of aliphatic hydroxyl groups is 2. The second-order valence-corrected chi connectivity index (χ2v) is 14.8. The van der Waals surface area contributed by atoms with E-state index < -0.39 is 0 Å². The predicted molar refractivity (Wildman–Crippen MR) is 144 cm³/mol. The summed E-state index contributed by atoms with van der Waals surface area (Å²) < 4.78 is 0. The normalized spacial score (nSPS) is 44.3. The lowest BCUT2D eigenvalue weighted by molar-refractivity contribution is -0.174. The molecule has 0 aromatic carbocycles. The van der Waals surface area contributed by atoms with Crippen LogP contribution in [0.4, 0.5) is 5.13 Å². The lowest BCUT2D eigenvalue weighted by Crippen LogP contribution is -2.58. The largest absolute Gasteiger partial charge is 0.393 e. The fraction of sp³-hybridized carbons (Fsp3) is 0.867. The molecule has 10 atom stereocenters. The molecule has 6 heteroatoms. The Kier molecular flexibility index (Phi) is 6.57. The van der Waals surface area contributed by atoms with Gasteiger partial charge in [0.25, 0.3) is 0 Å². The SMILES string of the molecule is CC(CCC(=O)Nc1nc2c(s1)CCC2)C1CCC2C3CCC4CC(O)CCC4(C)C3CC(O)C12C. The maximum Gasteiger partial charge on any atom is 0.226 e. The first-order valence-electron chi connectivity index (χ1n) is 14.8. The van der Waals surface area contributed by atoms with Gasteiger partial charge in [-0.1, -0.05) is 20.8 Å². The Morgan fingerprint density at radius 1 is 1.11 bits per heavy atom. The summed E-state index contributed by atoms with van der Waals surface area (Å²) in [5.74, 6) is 3.51. The lowest BCUT2D eigenvalue weighted by atomic mass is 9.43. The van der Waals surface area contributed by atoms with Gasteiger partial charge >= 0.3 is 0 Å². The monoisotopic (exact) mass is 514 g/mol. The summed E-state index contributed by atoms with van der Waals surface area (Å²) in [6.07, 6.45) is 13.2. The van der Waals surface area contributed by atoms with Crippen LogP contribution in [0.1, 0.15) is 102 Å². The third-order valence-corrected chi connectivity index (χ3v) is 13.2. The van der Waals surface area contributed by atoms with E-state index in [2.05, 4.69) is 31.1 Å². The molecule has 0 radical (unpaired) electrons. The standard InChI is InChI=1S/C30H46N2O3S/c1-17(7-12-27(35)32-28-31-24-5-4-6-25(24)36-28)21-10-11-22-20-9-8-18-15-19(33)13-14-29(18,2)23(20)16-26(34)30(21,22)3/h17-23,26,33-34H,4-16H2,1-3H3,(H,31,32,35). The zero-order valence-electron chi connectivity index (χ0n) is 22.5. The zero-order chi connectivity index (χ0) is 25.2. The van der Waals surface area contributed by atoms with Crippen LogP contribution in [0.15, 0.2) is 0 Å². The highest BCUT2D eigenvalue weighted by Gasteiger charge is 2.63. The first-order valence-corrected chi connectivity index (χ1v) is 15.7. The maximum absolute atomic E-state index is 12.8. The molecule has 1 heterocycles. The Bertz CT molecular complexity index is 973. The van der Waals surface area contributed by atoms with Crippen molar-refractivity contribution in [2.75, 3.05) is 5.32 Å². The molecule has 10 unspecified atom stereocenters. The molecule has 4 fully saturated rings. The first kappa shape index (κ1) is 25.3. The summed E-state index contributed by atoms with van der Waals surface area (Å²) in [7, 11) is 0. The average molecular weight is 515 g/mol. The fourth-order valence-corrected chi connectivity index (χ4v) is 11.2. The molecular weight excluding hydrogens is 468 g/mol. The van der Waals surface area contributed by atoms with Crippen molar-refractivity contribution in [2.24, 2.45) is 46.3 Å². The van der Waals surface area contributed by atoms with Crippen molar-refractivity contribution in [3.05, 3.63) is 10.6 Å². The molecule has 5 aliphatic carbocycles. The average Bonchev–Trinajstić information content (AvgIpc) is 3.53. The van der Waals surface area contributed by atoms with Crippen LogP contribution in [0.5, 0.6) is 0 Å². The number of nitrogens with one attached hydrogen (secondary N) is 1. The number of thiazole rings is 1. The third-order valence-electron chi connectivity index (χ3n) is 12.2. The molecule has 0 bridgehead atoms. The Morgan fingerprint density at radius 3 is 2.75 bits per heavy atom.